The molecule has 1 aromatic heterocycles. The largest absolute Gasteiger partial charge is 0.324 e. The molecule has 1 aromatic carbocycles. The van der Waals surface area contributed by atoms with E-state index in [0.717, 1.165) is 11.4 Å². The van der Waals surface area contributed by atoms with Crippen molar-refractivity contribution in [2.24, 2.45) is 5.92 Å². The van der Waals surface area contributed by atoms with E-state index in [1.807, 2.05) is 53.4 Å². The van der Waals surface area contributed by atoms with Crippen molar-refractivity contribution < 1.29 is 13.2 Å². The Morgan fingerprint density at radius 1 is 1.14 bits per heavy atom. The zero-order valence-corrected chi connectivity index (χ0v) is 13.3. The van der Waals surface area contributed by atoms with Crippen LogP contribution in [0.15, 0.2) is 48.8 Å². The maximum absolute atomic E-state index is 12.2. The summed E-state index contributed by atoms with van der Waals surface area (Å²) in [7, 11) is 1.70. The summed E-state index contributed by atoms with van der Waals surface area (Å²) in [5.41, 5.74) is 1.72. The standard InChI is InChI=1S/C15H15ClN2O3S/c16-22(20,21)11-12-8-15(19)18(10-12)14-5-3-4-13(9-14)17-6-1-2-7-17/h1-7,9,12H,8,10-11H2. The van der Waals surface area contributed by atoms with Crippen molar-refractivity contribution in [3.8, 4) is 5.69 Å². The Hall–Kier alpha value is -1.79. The van der Waals surface area contributed by atoms with Crippen molar-refractivity contribution in [2.45, 2.75) is 6.42 Å². The van der Waals surface area contributed by atoms with Crippen molar-refractivity contribution in [2.75, 3.05) is 17.2 Å². The van der Waals surface area contributed by atoms with Crippen LogP contribution >= 0.6 is 10.7 Å². The molecule has 0 N–H and O–H groups in total. The van der Waals surface area contributed by atoms with Gasteiger partial charge in [0.05, 0.1) is 5.75 Å². The number of anilines is 1. The molecule has 0 spiro atoms. The second-order valence-electron chi connectivity index (χ2n) is 5.39. The second kappa shape index (κ2) is 5.78. The van der Waals surface area contributed by atoms with E-state index in [-0.39, 0.29) is 24.0 Å². The fraction of sp³-hybridized carbons (Fsp3) is 0.267. The molecule has 1 saturated heterocycles. The highest BCUT2D eigenvalue weighted by Gasteiger charge is 2.33. The first-order valence-electron chi connectivity index (χ1n) is 6.88. The van der Waals surface area contributed by atoms with Crippen molar-refractivity contribution in [1.29, 1.82) is 0 Å². The highest BCUT2D eigenvalue weighted by atomic mass is 35.7. The van der Waals surface area contributed by atoms with Gasteiger partial charge in [-0.25, -0.2) is 8.42 Å². The molecule has 22 heavy (non-hydrogen) atoms. The number of rotatable bonds is 4. The molecule has 1 fully saturated rings. The topological polar surface area (TPSA) is 59.4 Å². The molecule has 2 heterocycles. The molecule has 0 bridgehead atoms. The van der Waals surface area contributed by atoms with E-state index < -0.39 is 9.05 Å². The summed E-state index contributed by atoms with van der Waals surface area (Å²) in [6.45, 7) is 0.375. The van der Waals surface area contributed by atoms with Crippen molar-refractivity contribution in [1.82, 2.24) is 4.57 Å². The Balaban J connectivity index is 1.83. The summed E-state index contributed by atoms with van der Waals surface area (Å²) in [6.07, 6.45) is 4.06. The SMILES string of the molecule is O=C1CC(CS(=O)(=O)Cl)CN1c1cccc(-n2cccc2)c1. The Morgan fingerprint density at radius 2 is 1.82 bits per heavy atom. The van der Waals surface area contributed by atoms with Crippen LogP contribution in [0.2, 0.25) is 0 Å². The number of hydrogen-bond acceptors (Lipinski definition) is 3. The average molecular weight is 339 g/mol. The number of carbonyl (C=O) groups excluding carboxylic acids is 1. The monoisotopic (exact) mass is 338 g/mol. The number of amides is 1. The Labute approximate surface area is 133 Å². The van der Waals surface area contributed by atoms with E-state index in [4.69, 9.17) is 10.7 Å². The van der Waals surface area contributed by atoms with E-state index in [0.29, 0.717) is 6.54 Å². The molecule has 0 aliphatic carbocycles. The molecule has 2 aromatic rings. The lowest BCUT2D eigenvalue weighted by atomic mass is 10.1. The number of halogens is 1. The van der Waals surface area contributed by atoms with Crippen LogP contribution in [0.1, 0.15) is 6.42 Å². The molecule has 7 heteroatoms. The van der Waals surface area contributed by atoms with Gasteiger partial charge in [-0.15, -0.1) is 0 Å². The third-order valence-electron chi connectivity index (χ3n) is 3.68. The van der Waals surface area contributed by atoms with Gasteiger partial charge in [0.15, 0.2) is 0 Å². The minimum Gasteiger partial charge on any atom is -0.324 e. The number of carbonyl (C=O) groups is 1. The lowest BCUT2D eigenvalue weighted by molar-refractivity contribution is -0.117. The lowest BCUT2D eigenvalue weighted by Crippen LogP contribution is -2.25. The third kappa shape index (κ3) is 3.34. The summed E-state index contributed by atoms with van der Waals surface area (Å²) >= 11 is 0. The molecule has 116 valence electrons. The molecule has 1 atom stereocenters. The maximum atomic E-state index is 12.2. The minimum atomic E-state index is -3.59. The number of benzene rings is 1. The van der Waals surface area contributed by atoms with E-state index in [1.54, 1.807) is 4.90 Å². The van der Waals surface area contributed by atoms with Crippen LogP contribution in [-0.2, 0) is 13.8 Å². The first kappa shape index (κ1) is 15.1. The molecule has 1 aliphatic rings. The van der Waals surface area contributed by atoms with Crippen LogP contribution in [0.25, 0.3) is 5.69 Å². The van der Waals surface area contributed by atoms with E-state index in [9.17, 15) is 13.2 Å². The zero-order valence-electron chi connectivity index (χ0n) is 11.7. The van der Waals surface area contributed by atoms with Gasteiger partial charge < -0.3 is 9.47 Å². The number of aromatic nitrogens is 1. The maximum Gasteiger partial charge on any atom is 0.232 e. The van der Waals surface area contributed by atoms with Crippen LogP contribution < -0.4 is 4.90 Å². The molecule has 1 aliphatic heterocycles. The van der Waals surface area contributed by atoms with Gasteiger partial charge in [-0.3, -0.25) is 4.79 Å². The average Bonchev–Trinajstić information content (AvgIpc) is 3.07. The predicted octanol–water partition coefficient (Wildman–Crippen LogP) is 2.40. The van der Waals surface area contributed by atoms with Gasteiger partial charge >= 0.3 is 0 Å². The highest BCUT2D eigenvalue weighted by molar-refractivity contribution is 8.13. The molecular weight excluding hydrogens is 324 g/mol. The Kier molecular flexibility index (Phi) is 3.97. The van der Waals surface area contributed by atoms with Gasteiger partial charge in [0.25, 0.3) is 0 Å². The van der Waals surface area contributed by atoms with Gasteiger partial charge in [-0.2, -0.15) is 0 Å². The van der Waals surface area contributed by atoms with Crippen LogP contribution in [0, 0.1) is 5.92 Å². The van der Waals surface area contributed by atoms with Crippen LogP contribution in [0.5, 0.6) is 0 Å². The fourth-order valence-corrected chi connectivity index (χ4v) is 4.07. The summed E-state index contributed by atoms with van der Waals surface area (Å²) in [6, 6.07) is 11.4. The Bertz CT molecular complexity index is 787. The molecule has 5 nitrogen and oxygen atoms in total. The van der Waals surface area contributed by atoms with Crippen LogP contribution in [-0.4, -0.2) is 31.2 Å². The van der Waals surface area contributed by atoms with Crippen LogP contribution in [0.3, 0.4) is 0 Å². The van der Waals surface area contributed by atoms with E-state index in [2.05, 4.69) is 0 Å². The lowest BCUT2D eigenvalue weighted by Gasteiger charge is -2.17. The van der Waals surface area contributed by atoms with Gasteiger partial charge in [-0.1, -0.05) is 6.07 Å². The second-order valence-corrected chi connectivity index (χ2v) is 8.21. The number of hydrogen-bond donors (Lipinski definition) is 0. The third-order valence-corrected chi connectivity index (χ3v) is 4.93. The fourth-order valence-electron chi connectivity index (χ4n) is 2.75. The van der Waals surface area contributed by atoms with E-state index >= 15 is 0 Å². The molecule has 3 rings (SSSR count). The Morgan fingerprint density at radius 3 is 2.50 bits per heavy atom. The molecule has 0 radical (unpaired) electrons. The van der Waals surface area contributed by atoms with Gasteiger partial charge in [0.1, 0.15) is 0 Å². The van der Waals surface area contributed by atoms with Crippen molar-refractivity contribution in [3.05, 3.63) is 48.8 Å². The normalized spacial score (nSPS) is 18.9. The first-order valence-corrected chi connectivity index (χ1v) is 9.36. The van der Waals surface area contributed by atoms with Gasteiger partial charge in [0.2, 0.25) is 15.0 Å². The minimum absolute atomic E-state index is 0.0741. The van der Waals surface area contributed by atoms with Crippen molar-refractivity contribution >= 4 is 31.3 Å². The van der Waals surface area contributed by atoms with Gasteiger partial charge in [-0.05, 0) is 30.3 Å². The summed E-state index contributed by atoms with van der Waals surface area (Å²) in [4.78, 5) is 13.8. The van der Waals surface area contributed by atoms with E-state index in [1.165, 1.54) is 0 Å². The molecule has 1 unspecified atom stereocenters. The van der Waals surface area contributed by atoms with Gasteiger partial charge in [0, 0.05) is 53.3 Å². The smallest absolute Gasteiger partial charge is 0.232 e. The predicted molar refractivity (Wildman–Crippen MR) is 85.9 cm³/mol. The summed E-state index contributed by atoms with van der Waals surface area (Å²) < 4.78 is 24.3. The first-order chi connectivity index (χ1) is 10.4. The summed E-state index contributed by atoms with van der Waals surface area (Å²) in [5, 5.41) is 0. The highest BCUT2D eigenvalue weighted by Crippen LogP contribution is 2.28. The van der Waals surface area contributed by atoms with Crippen LogP contribution in [0.4, 0.5) is 5.69 Å². The zero-order chi connectivity index (χ0) is 15.7. The molecular formula is C15H15ClN2O3S. The number of nitrogens with zero attached hydrogens (tertiary/aromatic N) is 2. The summed E-state index contributed by atoms with van der Waals surface area (Å²) in [5.74, 6) is -0.506. The molecule has 1 amide bonds. The molecule has 0 saturated carbocycles. The van der Waals surface area contributed by atoms with Crippen molar-refractivity contribution in [3.63, 3.8) is 0 Å². The quantitative estimate of drug-likeness (QED) is 0.804.